The number of anilines is 1. The third-order valence-corrected chi connectivity index (χ3v) is 8.99. The lowest BCUT2D eigenvalue weighted by atomic mass is 10.1. The van der Waals surface area contributed by atoms with Gasteiger partial charge >= 0.3 is 5.97 Å². The van der Waals surface area contributed by atoms with Gasteiger partial charge in [-0.05, 0) is 57.9 Å². The summed E-state index contributed by atoms with van der Waals surface area (Å²) in [4.78, 5) is 24.9. The van der Waals surface area contributed by atoms with E-state index in [4.69, 9.17) is 34.8 Å². The van der Waals surface area contributed by atoms with Crippen LogP contribution < -0.4 is 10.0 Å². The molecule has 0 bridgehead atoms. The van der Waals surface area contributed by atoms with Gasteiger partial charge in [0.25, 0.3) is 15.9 Å². The van der Waals surface area contributed by atoms with E-state index in [1.807, 2.05) is 0 Å². The Hall–Kier alpha value is -2.48. The van der Waals surface area contributed by atoms with E-state index in [9.17, 15) is 23.1 Å². The summed E-state index contributed by atoms with van der Waals surface area (Å²) in [5.41, 5.74) is 0.698. The highest BCUT2D eigenvalue weighted by Crippen LogP contribution is 2.32. The smallest absolute Gasteiger partial charge is 0.326 e. The summed E-state index contributed by atoms with van der Waals surface area (Å²) >= 11 is 22.3. The second-order valence-electron chi connectivity index (χ2n) is 7.62. The average molecular weight is 665 g/mol. The van der Waals surface area contributed by atoms with E-state index >= 15 is 0 Å². The van der Waals surface area contributed by atoms with E-state index < -0.39 is 27.9 Å². The van der Waals surface area contributed by atoms with E-state index in [0.717, 1.165) is 17.8 Å². The first-order valence-corrected chi connectivity index (χ1v) is 14.3. The van der Waals surface area contributed by atoms with E-state index in [-0.39, 0.29) is 38.1 Å². The number of sulfonamides is 1. The summed E-state index contributed by atoms with van der Waals surface area (Å²) in [6.45, 7) is 0. The molecule has 0 radical (unpaired) electrons. The van der Waals surface area contributed by atoms with Gasteiger partial charge in [-0.2, -0.15) is 8.75 Å². The van der Waals surface area contributed by atoms with Crippen molar-refractivity contribution in [2.24, 2.45) is 0 Å². The van der Waals surface area contributed by atoms with Gasteiger partial charge in [0.15, 0.2) is 0 Å². The largest absolute Gasteiger partial charge is 0.480 e. The number of nitrogens with zero attached hydrogens (tertiary/aromatic N) is 2. The molecule has 192 valence electrons. The van der Waals surface area contributed by atoms with Gasteiger partial charge in [0.05, 0.1) is 38.0 Å². The van der Waals surface area contributed by atoms with Crippen molar-refractivity contribution in [1.82, 2.24) is 14.1 Å². The van der Waals surface area contributed by atoms with Crippen LogP contribution in [-0.4, -0.2) is 40.2 Å². The van der Waals surface area contributed by atoms with Gasteiger partial charge in [-0.1, -0.05) is 46.9 Å². The lowest BCUT2D eigenvalue weighted by molar-refractivity contribution is -0.139. The van der Waals surface area contributed by atoms with Crippen LogP contribution in [0.4, 0.5) is 5.69 Å². The Kier molecular flexibility index (Phi) is 8.26. The van der Waals surface area contributed by atoms with Gasteiger partial charge in [-0.25, -0.2) is 13.2 Å². The minimum absolute atomic E-state index is 0.0229. The predicted octanol–water partition coefficient (Wildman–Crippen LogP) is 5.64. The van der Waals surface area contributed by atoms with E-state index in [1.54, 1.807) is 24.3 Å². The maximum Gasteiger partial charge on any atom is 0.326 e. The molecule has 0 spiro atoms. The fraction of sp³-hybridized carbons (Fsp3) is 0.0909. The SMILES string of the molecule is O=C(N[C@@H](Cc1ccc(Cl)c(Br)c1)C(=O)O)c1cc(Cl)c(Cl)cc1NS(=O)(=O)c1cccc2nsnc12. The van der Waals surface area contributed by atoms with Gasteiger partial charge in [0, 0.05) is 10.9 Å². The Morgan fingerprint density at radius 2 is 1.76 bits per heavy atom. The maximum absolute atomic E-state index is 13.2. The first-order valence-electron chi connectivity index (χ1n) is 10.2. The molecule has 3 N–H and O–H groups in total. The summed E-state index contributed by atoms with van der Waals surface area (Å²) in [5.74, 6) is -2.19. The van der Waals surface area contributed by atoms with Gasteiger partial charge < -0.3 is 10.4 Å². The standard InChI is InChI=1S/C22H14BrCl3N4O5S2/c23-12-6-10(4-5-13(12)24)7-18(22(32)33)27-21(31)11-8-14(25)15(26)9-17(11)30-37(34,35)19-3-1-2-16-20(19)29-36-28-16/h1-6,8-9,18,30H,7H2,(H,27,31)(H,32,33)/t18-/m0/s1. The molecule has 0 fully saturated rings. The first kappa shape index (κ1) is 27.6. The zero-order chi connectivity index (χ0) is 26.9. The molecular weight excluding hydrogens is 651 g/mol. The molecule has 1 aromatic heterocycles. The highest BCUT2D eigenvalue weighted by atomic mass is 79.9. The van der Waals surface area contributed by atoms with Crippen molar-refractivity contribution in [3.8, 4) is 0 Å². The molecule has 1 amide bonds. The normalized spacial score (nSPS) is 12.3. The lowest BCUT2D eigenvalue weighted by Gasteiger charge is -2.18. The molecule has 9 nitrogen and oxygen atoms in total. The monoisotopic (exact) mass is 662 g/mol. The summed E-state index contributed by atoms with van der Waals surface area (Å²) in [6.07, 6.45) is -0.0714. The molecule has 4 rings (SSSR count). The van der Waals surface area contributed by atoms with Crippen LogP contribution in [0, 0.1) is 0 Å². The number of fused-ring (bicyclic) bond motifs is 1. The zero-order valence-corrected chi connectivity index (χ0v) is 23.7. The maximum atomic E-state index is 13.2. The second-order valence-corrected chi connectivity index (χ2v) is 11.9. The summed E-state index contributed by atoms with van der Waals surface area (Å²) in [6, 6.07) is 10.3. The molecule has 37 heavy (non-hydrogen) atoms. The zero-order valence-electron chi connectivity index (χ0n) is 18.2. The quantitative estimate of drug-likeness (QED) is 0.222. The summed E-state index contributed by atoms with van der Waals surface area (Å²) in [7, 11) is -4.26. The summed E-state index contributed by atoms with van der Waals surface area (Å²) in [5, 5.41) is 12.5. The van der Waals surface area contributed by atoms with Gasteiger partial charge in [0.1, 0.15) is 22.0 Å². The van der Waals surface area contributed by atoms with Crippen LogP contribution in [0.15, 0.2) is 57.9 Å². The van der Waals surface area contributed by atoms with Gasteiger partial charge in [-0.3, -0.25) is 9.52 Å². The number of hydrogen-bond donors (Lipinski definition) is 3. The van der Waals surface area contributed by atoms with Gasteiger partial charge in [-0.15, -0.1) is 0 Å². The van der Waals surface area contributed by atoms with Crippen LogP contribution in [0.5, 0.6) is 0 Å². The third kappa shape index (κ3) is 6.16. The van der Waals surface area contributed by atoms with Crippen molar-refractivity contribution in [3.63, 3.8) is 0 Å². The molecule has 1 atom stereocenters. The number of hydrogen-bond acceptors (Lipinski definition) is 7. The third-order valence-electron chi connectivity index (χ3n) is 5.12. The molecule has 0 aliphatic heterocycles. The second kappa shape index (κ2) is 11.1. The fourth-order valence-electron chi connectivity index (χ4n) is 3.36. The van der Waals surface area contributed by atoms with E-state index in [2.05, 4.69) is 34.7 Å². The molecule has 4 aromatic rings. The first-order chi connectivity index (χ1) is 17.5. The molecule has 0 saturated carbocycles. The molecule has 0 aliphatic carbocycles. The topological polar surface area (TPSA) is 138 Å². The van der Waals surface area contributed by atoms with Crippen LogP contribution in [0.2, 0.25) is 15.1 Å². The number of benzene rings is 3. The van der Waals surface area contributed by atoms with Crippen LogP contribution in [0.1, 0.15) is 15.9 Å². The molecule has 0 aliphatic rings. The van der Waals surface area contributed by atoms with Crippen molar-refractivity contribution in [2.45, 2.75) is 17.4 Å². The van der Waals surface area contributed by atoms with Crippen molar-refractivity contribution < 1.29 is 23.1 Å². The number of carbonyl (C=O) groups is 2. The number of rotatable bonds is 8. The molecule has 1 heterocycles. The van der Waals surface area contributed by atoms with Crippen molar-refractivity contribution in [3.05, 3.63) is 79.2 Å². The number of amides is 1. The highest BCUT2D eigenvalue weighted by molar-refractivity contribution is 9.10. The Morgan fingerprint density at radius 1 is 1.03 bits per heavy atom. The Balaban J connectivity index is 1.66. The Bertz CT molecular complexity index is 1650. The Morgan fingerprint density at radius 3 is 2.46 bits per heavy atom. The minimum Gasteiger partial charge on any atom is -0.480 e. The number of aliphatic carboxylic acids is 1. The number of carboxylic acids is 1. The molecule has 0 saturated heterocycles. The average Bonchev–Trinajstić information content (AvgIpc) is 3.31. The molecule has 3 aromatic carbocycles. The lowest BCUT2D eigenvalue weighted by Crippen LogP contribution is -2.42. The number of halogens is 4. The number of carboxylic acid groups (broad SMARTS) is 1. The Labute approximate surface area is 238 Å². The van der Waals surface area contributed by atoms with Crippen molar-refractivity contribution >= 4 is 101 Å². The van der Waals surface area contributed by atoms with Crippen LogP contribution in [0.25, 0.3) is 11.0 Å². The van der Waals surface area contributed by atoms with E-state index in [0.29, 0.717) is 20.6 Å². The van der Waals surface area contributed by atoms with Crippen molar-refractivity contribution in [1.29, 1.82) is 0 Å². The minimum atomic E-state index is -4.26. The highest BCUT2D eigenvalue weighted by Gasteiger charge is 2.27. The number of carbonyl (C=O) groups excluding carboxylic acids is 1. The number of aromatic nitrogens is 2. The fourth-order valence-corrected chi connectivity index (χ4v) is 6.06. The summed E-state index contributed by atoms with van der Waals surface area (Å²) < 4.78 is 37.4. The molecule has 0 unspecified atom stereocenters. The van der Waals surface area contributed by atoms with E-state index in [1.165, 1.54) is 18.2 Å². The van der Waals surface area contributed by atoms with Crippen LogP contribution in [0.3, 0.4) is 0 Å². The molecular formula is C22H14BrCl3N4O5S2. The van der Waals surface area contributed by atoms with Crippen molar-refractivity contribution in [2.75, 3.05) is 4.72 Å². The predicted molar refractivity (Wildman–Crippen MR) is 146 cm³/mol. The van der Waals surface area contributed by atoms with Crippen LogP contribution >= 0.6 is 62.5 Å². The molecule has 15 heteroatoms. The number of nitrogens with one attached hydrogen (secondary N) is 2. The van der Waals surface area contributed by atoms with Gasteiger partial charge in [0.2, 0.25) is 0 Å². The van der Waals surface area contributed by atoms with Crippen LogP contribution in [-0.2, 0) is 21.2 Å².